The van der Waals surface area contributed by atoms with Gasteiger partial charge in [0.1, 0.15) is 5.92 Å². The SMILES string of the molecule is COC(=O)Nc1ccccc1[C@H]1[C@@H](C(=O)O)c2cc(OC)c(OC)cc2C(=O)N1CCCO[Si](C)(C)C(C)(C)C. The Morgan fingerprint density at radius 2 is 1.65 bits per heavy atom. The van der Waals surface area contributed by atoms with Crippen molar-refractivity contribution in [1.82, 2.24) is 4.90 Å². The van der Waals surface area contributed by atoms with Gasteiger partial charge in [-0.15, -0.1) is 0 Å². The standard InChI is InChI=1S/C29H40N2O8Si/c1-29(2,3)40(7,8)39-15-11-14-31-25(18-12-9-10-13-21(18)30-28(35)38-6)24(27(33)34)19-16-22(36-4)23(37-5)17-20(19)26(31)32/h9-10,12-13,16-17,24-25H,11,14-15H2,1-8H3,(H,30,35)(H,33,34)/t24-,25-/m0/s1. The maximum Gasteiger partial charge on any atom is 0.411 e. The number of fused-ring (bicyclic) bond motifs is 1. The topological polar surface area (TPSA) is 124 Å². The maximum absolute atomic E-state index is 14.1. The Kier molecular flexibility index (Phi) is 9.52. The zero-order valence-corrected chi connectivity index (χ0v) is 25.5. The second kappa shape index (κ2) is 12.3. The van der Waals surface area contributed by atoms with E-state index in [0.717, 1.165) is 0 Å². The van der Waals surface area contributed by atoms with Gasteiger partial charge in [0.15, 0.2) is 19.8 Å². The van der Waals surface area contributed by atoms with Gasteiger partial charge in [-0.05, 0) is 53.9 Å². The molecule has 1 aliphatic rings. The number of rotatable bonds is 10. The van der Waals surface area contributed by atoms with Gasteiger partial charge in [-0.3, -0.25) is 14.9 Å². The molecule has 0 spiro atoms. The van der Waals surface area contributed by atoms with Gasteiger partial charge in [0, 0.05) is 24.4 Å². The van der Waals surface area contributed by atoms with Crippen LogP contribution in [0.3, 0.4) is 0 Å². The molecule has 0 fully saturated rings. The molecule has 0 saturated carbocycles. The van der Waals surface area contributed by atoms with Crippen molar-refractivity contribution in [1.29, 1.82) is 0 Å². The number of nitrogens with one attached hydrogen (secondary N) is 1. The lowest BCUT2D eigenvalue weighted by atomic mass is 9.79. The molecular formula is C29H40N2O8Si. The minimum Gasteiger partial charge on any atom is -0.493 e. The number of carboxylic acid groups (broad SMARTS) is 1. The average Bonchev–Trinajstić information content (AvgIpc) is 2.90. The molecule has 3 rings (SSSR count). The molecule has 0 unspecified atom stereocenters. The van der Waals surface area contributed by atoms with E-state index in [0.29, 0.717) is 41.3 Å². The summed E-state index contributed by atoms with van der Waals surface area (Å²) in [5.41, 5.74) is 1.36. The molecule has 2 N–H and O–H groups in total. The van der Waals surface area contributed by atoms with Crippen LogP contribution in [0.15, 0.2) is 36.4 Å². The molecule has 1 aliphatic heterocycles. The van der Waals surface area contributed by atoms with Gasteiger partial charge < -0.3 is 28.6 Å². The van der Waals surface area contributed by atoms with Crippen molar-refractivity contribution in [3.05, 3.63) is 53.1 Å². The number of para-hydroxylation sites is 1. The molecule has 2 amide bonds. The summed E-state index contributed by atoms with van der Waals surface area (Å²) in [7, 11) is 2.13. The summed E-state index contributed by atoms with van der Waals surface area (Å²) < 4.78 is 22.0. The van der Waals surface area contributed by atoms with E-state index in [1.54, 1.807) is 35.2 Å². The lowest BCUT2D eigenvalue weighted by Gasteiger charge is -2.42. The third-order valence-electron chi connectivity index (χ3n) is 7.81. The Labute approximate surface area is 236 Å². The number of anilines is 1. The summed E-state index contributed by atoms with van der Waals surface area (Å²) in [6, 6.07) is 8.96. The van der Waals surface area contributed by atoms with Crippen molar-refractivity contribution in [2.75, 3.05) is 39.8 Å². The molecule has 40 heavy (non-hydrogen) atoms. The summed E-state index contributed by atoms with van der Waals surface area (Å²) in [6.45, 7) is 11.5. The molecule has 0 bridgehead atoms. The van der Waals surface area contributed by atoms with Crippen LogP contribution in [0, 0.1) is 0 Å². The van der Waals surface area contributed by atoms with Crippen LogP contribution >= 0.6 is 0 Å². The fourth-order valence-corrected chi connectivity index (χ4v) is 5.72. The molecule has 0 aromatic heterocycles. The Morgan fingerprint density at radius 1 is 1.02 bits per heavy atom. The highest BCUT2D eigenvalue weighted by atomic mass is 28.4. The normalized spacial score (nSPS) is 17.2. The first-order valence-corrected chi connectivity index (χ1v) is 16.1. The number of hydrogen-bond donors (Lipinski definition) is 2. The van der Waals surface area contributed by atoms with Crippen LogP contribution < -0.4 is 14.8 Å². The van der Waals surface area contributed by atoms with Gasteiger partial charge in [0.25, 0.3) is 5.91 Å². The highest BCUT2D eigenvalue weighted by molar-refractivity contribution is 6.74. The first kappa shape index (κ1) is 31.0. The van der Waals surface area contributed by atoms with Crippen LogP contribution in [0.5, 0.6) is 11.5 Å². The van der Waals surface area contributed by atoms with E-state index in [2.05, 4.69) is 39.2 Å². The number of benzene rings is 2. The Balaban J connectivity index is 2.12. The minimum absolute atomic E-state index is 0.0257. The highest BCUT2D eigenvalue weighted by Crippen LogP contribution is 2.48. The first-order chi connectivity index (χ1) is 18.8. The van der Waals surface area contributed by atoms with Crippen molar-refractivity contribution in [2.24, 2.45) is 0 Å². The van der Waals surface area contributed by atoms with E-state index in [-0.39, 0.29) is 23.1 Å². The number of hydrogen-bond acceptors (Lipinski definition) is 7. The number of aliphatic carboxylic acids is 1. The van der Waals surface area contributed by atoms with Crippen LogP contribution in [-0.4, -0.2) is 70.8 Å². The summed E-state index contributed by atoms with van der Waals surface area (Å²) in [4.78, 5) is 40.7. The Hall–Kier alpha value is -3.57. The summed E-state index contributed by atoms with van der Waals surface area (Å²) in [5.74, 6) is -1.99. The number of carbonyl (C=O) groups excluding carboxylic acids is 2. The van der Waals surface area contributed by atoms with Crippen LogP contribution in [0.2, 0.25) is 18.1 Å². The zero-order chi connectivity index (χ0) is 29.8. The van der Waals surface area contributed by atoms with Crippen molar-refractivity contribution < 1.29 is 38.1 Å². The molecule has 218 valence electrons. The van der Waals surface area contributed by atoms with Crippen molar-refractivity contribution in [2.45, 2.75) is 57.3 Å². The molecule has 1 heterocycles. The van der Waals surface area contributed by atoms with Gasteiger partial charge in [-0.2, -0.15) is 0 Å². The van der Waals surface area contributed by atoms with Gasteiger partial charge in [-0.1, -0.05) is 39.0 Å². The third-order valence-corrected chi connectivity index (χ3v) is 12.4. The largest absolute Gasteiger partial charge is 0.493 e. The predicted octanol–water partition coefficient (Wildman–Crippen LogP) is 5.66. The maximum atomic E-state index is 14.1. The van der Waals surface area contributed by atoms with Crippen LogP contribution in [0.1, 0.15) is 60.6 Å². The van der Waals surface area contributed by atoms with E-state index < -0.39 is 32.3 Å². The van der Waals surface area contributed by atoms with Crippen LogP contribution in [-0.2, 0) is 14.0 Å². The fraction of sp³-hybridized carbons (Fsp3) is 0.483. The molecular weight excluding hydrogens is 532 g/mol. The summed E-state index contributed by atoms with van der Waals surface area (Å²) >= 11 is 0. The fourth-order valence-electron chi connectivity index (χ4n) is 4.63. The molecule has 0 aliphatic carbocycles. The van der Waals surface area contributed by atoms with E-state index in [4.69, 9.17) is 18.6 Å². The van der Waals surface area contributed by atoms with Crippen molar-refractivity contribution >= 4 is 32.0 Å². The smallest absolute Gasteiger partial charge is 0.411 e. The minimum atomic E-state index is -2.02. The zero-order valence-electron chi connectivity index (χ0n) is 24.5. The lowest BCUT2D eigenvalue weighted by Crippen LogP contribution is -2.46. The predicted molar refractivity (Wildman–Crippen MR) is 154 cm³/mol. The van der Waals surface area contributed by atoms with Crippen LogP contribution in [0.25, 0.3) is 0 Å². The van der Waals surface area contributed by atoms with E-state index in [9.17, 15) is 19.5 Å². The summed E-state index contributed by atoms with van der Waals surface area (Å²) in [6.07, 6.45) is -0.210. The molecule has 0 saturated heterocycles. The Bertz CT molecular complexity index is 1260. The van der Waals surface area contributed by atoms with Gasteiger partial charge in [0.05, 0.1) is 27.4 Å². The number of methoxy groups -OCH3 is 3. The molecule has 10 nitrogen and oxygen atoms in total. The van der Waals surface area contributed by atoms with Crippen LogP contribution in [0.4, 0.5) is 10.5 Å². The highest BCUT2D eigenvalue weighted by Gasteiger charge is 2.46. The van der Waals surface area contributed by atoms with Gasteiger partial charge in [-0.25, -0.2) is 4.79 Å². The summed E-state index contributed by atoms with van der Waals surface area (Å²) in [5, 5.41) is 13.2. The molecule has 2 aromatic rings. The second-order valence-corrected chi connectivity index (χ2v) is 16.0. The number of nitrogens with zero attached hydrogens (tertiary/aromatic N) is 1. The lowest BCUT2D eigenvalue weighted by molar-refractivity contribution is -0.140. The second-order valence-electron chi connectivity index (χ2n) is 11.2. The van der Waals surface area contributed by atoms with E-state index >= 15 is 0 Å². The van der Waals surface area contributed by atoms with Gasteiger partial charge >= 0.3 is 12.1 Å². The number of carboxylic acids is 1. The van der Waals surface area contributed by atoms with Crippen molar-refractivity contribution in [3.8, 4) is 11.5 Å². The van der Waals surface area contributed by atoms with E-state index in [1.807, 2.05) is 0 Å². The molecule has 2 atom stereocenters. The molecule has 11 heteroatoms. The average molecular weight is 573 g/mol. The third kappa shape index (κ3) is 6.25. The molecule has 0 radical (unpaired) electrons. The Morgan fingerprint density at radius 3 is 2.23 bits per heavy atom. The quantitative estimate of drug-likeness (QED) is 0.276. The van der Waals surface area contributed by atoms with E-state index in [1.165, 1.54) is 27.4 Å². The number of amides is 2. The van der Waals surface area contributed by atoms with Gasteiger partial charge in [0.2, 0.25) is 0 Å². The molecule has 2 aromatic carbocycles. The number of carbonyl (C=O) groups is 3. The number of ether oxygens (including phenoxy) is 3. The first-order valence-electron chi connectivity index (χ1n) is 13.1. The monoisotopic (exact) mass is 572 g/mol. The van der Waals surface area contributed by atoms with Crippen molar-refractivity contribution in [3.63, 3.8) is 0 Å².